The lowest BCUT2D eigenvalue weighted by Crippen LogP contribution is -1.97. The first kappa shape index (κ1) is 16.5. The Kier molecular flexibility index (Phi) is 5.11. The molecule has 0 aliphatic carbocycles. The zero-order chi connectivity index (χ0) is 16.9. The van der Waals surface area contributed by atoms with E-state index >= 15 is 0 Å². The fraction of sp³-hybridized carbons (Fsp3) is 0.278. The number of ether oxygens (including phenoxy) is 3. The fourth-order valence-corrected chi connectivity index (χ4v) is 2.68. The van der Waals surface area contributed by atoms with E-state index in [1.165, 1.54) is 0 Å². The Morgan fingerprint density at radius 1 is 1.25 bits per heavy atom. The van der Waals surface area contributed by atoms with Crippen molar-refractivity contribution in [3.05, 3.63) is 46.5 Å². The fourth-order valence-electron chi connectivity index (χ4n) is 2.39. The lowest BCUT2D eigenvalue weighted by atomic mass is 10.2. The molecule has 1 N–H and O–H groups in total. The molecule has 24 heavy (non-hydrogen) atoms. The van der Waals surface area contributed by atoms with Crippen LogP contribution in [0.4, 0.5) is 0 Å². The molecule has 0 amide bonds. The molecule has 0 bridgehead atoms. The normalized spacial score (nSPS) is 13.8. The summed E-state index contributed by atoms with van der Waals surface area (Å²) in [7, 11) is 1.58. The van der Waals surface area contributed by atoms with Crippen LogP contribution in [0.1, 0.15) is 17.5 Å². The van der Waals surface area contributed by atoms with Gasteiger partial charge in [-0.2, -0.15) is 0 Å². The van der Waals surface area contributed by atoms with Crippen molar-refractivity contribution in [3.8, 4) is 23.0 Å². The maximum Gasteiger partial charge on any atom is 0.179 e. The van der Waals surface area contributed by atoms with Gasteiger partial charge in [0.15, 0.2) is 11.5 Å². The number of methoxy groups -OCH3 is 1. The quantitative estimate of drug-likeness (QED) is 0.854. The predicted octanol–water partition coefficient (Wildman–Crippen LogP) is 3.83. The van der Waals surface area contributed by atoms with Gasteiger partial charge < -0.3 is 19.3 Å². The highest BCUT2D eigenvalue weighted by Crippen LogP contribution is 2.38. The smallest absolute Gasteiger partial charge is 0.179 e. The van der Waals surface area contributed by atoms with E-state index in [4.69, 9.17) is 25.8 Å². The van der Waals surface area contributed by atoms with Crippen LogP contribution in [0, 0.1) is 0 Å². The summed E-state index contributed by atoms with van der Waals surface area (Å²) in [5, 5.41) is 10.4. The second-order valence-corrected chi connectivity index (χ2v) is 5.76. The summed E-state index contributed by atoms with van der Waals surface area (Å²) in [6.07, 6.45) is 2.43. The summed E-state index contributed by atoms with van der Waals surface area (Å²) in [4.78, 5) is 4.37. The number of benzene rings is 2. The van der Waals surface area contributed by atoms with Crippen molar-refractivity contribution in [1.82, 2.24) is 0 Å². The average Bonchev–Trinajstić information content (AvgIpc) is 2.82. The van der Waals surface area contributed by atoms with Crippen LogP contribution in [-0.4, -0.2) is 31.6 Å². The number of phenolic OH excluding ortho intramolecular Hbond substituents is 1. The number of nitrogens with zero attached hydrogens (tertiary/aromatic N) is 1. The van der Waals surface area contributed by atoms with Gasteiger partial charge in [0.05, 0.1) is 31.9 Å². The number of fused-ring (bicyclic) bond motifs is 1. The van der Waals surface area contributed by atoms with Crippen LogP contribution < -0.4 is 14.2 Å². The van der Waals surface area contributed by atoms with Crippen molar-refractivity contribution >= 4 is 17.8 Å². The highest BCUT2D eigenvalue weighted by atomic mass is 35.5. The third-order valence-electron chi connectivity index (χ3n) is 3.60. The van der Waals surface area contributed by atoms with Gasteiger partial charge in [-0.15, -0.1) is 0 Å². The molecule has 0 spiro atoms. The Hall–Kier alpha value is -2.40. The summed E-state index contributed by atoms with van der Waals surface area (Å²) in [5.41, 5.74) is 1.50. The lowest BCUT2D eigenvalue weighted by molar-refractivity contribution is 0.297. The molecule has 1 aliphatic rings. The van der Waals surface area contributed by atoms with Gasteiger partial charge in [-0.25, -0.2) is 0 Å². The van der Waals surface area contributed by atoms with Crippen molar-refractivity contribution in [2.45, 2.75) is 13.0 Å². The molecule has 0 fully saturated rings. The van der Waals surface area contributed by atoms with E-state index < -0.39 is 0 Å². The van der Waals surface area contributed by atoms with Crippen molar-refractivity contribution in [3.63, 3.8) is 0 Å². The number of rotatable bonds is 4. The summed E-state index contributed by atoms with van der Waals surface area (Å²) in [6.45, 7) is 1.61. The SMILES string of the molecule is COc1ccc(O)c(C=NCc2cc(Cl)c3c(c2)OCCCO3)c1. The molecule has 5 nitrogen and oxygen atoms in total. The molecular formula is C18H18ClNO4. The van der Waals surface area contributed by atoms with Gasteiger partial charge in [0, 0.05) is 18.2 Å². The van der Waals surface area contributed by atoms with Crippen molar-refractivity contribution in [2.24, 2.45) is 4.99 Å². The molecule has 0 saturated carbocycles. The maximum absolute atomic E-state index is 9.86. The van der Waals surface area contributed by atoms with Gasteiger partial charge in [0.1, 0.15) is 11.5 Å². The molecule has 0 radical (unpaired) electrons. The van der Waals surface area contributed by atoms with Crippen molar-refractivity contribution in [2.75, 3.05) is 20.3 Å². The molecule has 2 aromatic carbocycles. The molecule has 2 aromatic rings. The Labute approximate surface area is 145 Å². The minimum absolute atomic E-state index is 0.149. The van der Waals surface area contributed by atoms with E-state index in [1.54, 1.807) is 31.5 Å². The predicted molar refractivity (Wildman–Crippen MR) is 93.0 cm³/mol. The van der Waals surface area contributed by atoms with E-state index in [-0.39, 0.29) is 5.75 Å². The van der Waals surface area contributed by atoms with Crippen LogP contribution in [0.5, 0.6) is 23.0 Å². The minimum atomic E-state index is 0.149. The van der Waals surface area contributed by atoms with Gasteiger partial charge in [0.2, 0.25) is 0 Å². The summed E-state index contributed by atoms with van der Waals surface area (Å²) < 4.78 is 16.4. The number of halogens is 1. The van der Waals surface area contributed by atoms with Gasteiger partial charge in [-0.3, -0.25) is 4.99 Å². The monoisotopic (exact) mass is 347 g/mol. The molecule has 0 saturated heterocycles. The Balaban J connectivity index is 1.77. The van der Waals surface area contributed by atoms with Crippen LogP contribution in [0.2, 0.25) is 5.02 Å². The van der Waals surface area contributed by atoms with Crippen LogP contribution in [0.25, 0.3) is 0 Å². The molecule has 0 unspecified atom stereocenters. The number of aliphatic imine (C=N–C) groups is 1. The van der Waals surface area contributed by atoms with Crippen LogP contribution >= 0.6 is 11.6 Å². The second kappa shape index (κ2) is 7.45. The highest BCUT2D eigenvalue weighted by Gasteiger charge is 2.15. The van der Waals surface area contributed by atoms with Crippen LogP contribution in [0.3, 0.4) is 0 Å². The maximum atomic E-state index is 9.86. The zero-order valence-electron chi connectivity index (χ0n) is 13.3. The summed E-state index contributed by atoms with van der Waals surface area (Å²) in [5.74, 6) is 2.05. The van der Waals surface area contributed by atoms with Gasteiger partial charge in [-0.1, -0.05) is 11.6 Å². The first-order valence-electron chi connectivity index (χ1n) is 7.62. The molecule has 1 aliphatic heterocycles. The Bertz CT molecular complexity index is 761. The third-order valence-corrected chi connectivity index (χ3v) is 3.88. The first-order chi connectivity index (χ1) is 11.7. The largest absolute Gasteiger partial charge is 0.507 e. The number of aromatic hydroxyl groups is 1. The Morgan fingerprint density at radius 3 is 2.92 bits per heavy atom. The first-order valence-corrected chi connectivity index (χ1v) is 8.00. The van der Waals surface area contributed by atoms with Crippen LogP contribution in [-0.2, 0) is 6.54 Å². The van der Waals surface area contributed by atoms with Gasteiger partial charge in [0.25, 0.3) is 0 Å². The topological polar surface area (TPSA) is 60.3 Å². The molecular weight excluding hydrogens is 330 g/mol. The molecule has 0 aromatic heterocycles. The van der Waals surface area contributed by atoms with E-state index in [9.17, 15) is 5.11 Å². The molecule has 3 rings (SSSR count). The number of hydrogen-bond acceptors (Lipinski definition) is 5. The second-order valence-electron chi connectivity index (χ2n) is 5.35. The van der Waals surface area contributed by atoms with E-state index in [1.807, 2.05) is 12.1 Å². The van der Waals surface area contributed by atoms with Crippen molar-refractivity contribution in [1.29, 1.82) is 0 Å². The highest BCUT2D eigenvalue weighted by molar-refractivity contribution is 6.32. The minimum Gasteiger partial charge on any atom is -0.507 e. The standard InChI is InChI=1S/C18H18ClNO4/c1-22-14-3-4-16(21)13(9-14)11-20-10-12-7-15(19)18-17(8-12)23-5-2-6-24-18/h3-4,7-9,11,21H,2,5-6,10H2,1H3. The summed E-state index contributed by atoms with van der Waals surface area (Å²) in [6, 6.07) is 8.69. The van der Waals surface area contributed by atoms with Crippen LogP contribution in [0.15, 0.2) is 35.3 Å². The zero-order valence-corrected chi connectivity index (χ0v) is 14.0. The third kappa shape index (κ3) is 3.74. The molecule has 1 heterocycles. The Morgan fingerprint density at radius 2 is 2.08 bits per heavy atom. The van der Waals surface area contributed by atoms with Gasteiger partial charge >= 0.3 is 0 Å². The van der Waals surface area contributed by atoms with E-state index in [0.717, 1.165) is 12.0 Å². The van der Waals surface area contributed by atoms with E-state index in [2.05, 4.69) is 4.99 Å². The molecule has 0 atom stereocenters. The number of hydrogen-bond donors (Lipinski definition) is 1. The van der Waals surface area contributed by atoms with Crippen molar-refractivity contribution < 1.29 is 19.3 Å². The molecule has 126 valence electrons. The number of phenols is 1. The molecule has 6 heteroatoms. The summed E-state index contributed by atoms with van der Waals surface area (Å²) >= 11 is 6.27. The average molecular weight is 348 g/mol. The van der Waals surface area contributed by atoms with Gasteiger partial charge in [-0.05, 0) is 35.9 Å². The lowest BCUT2D eigenvalue weighted by Gasteiger charge is -2.10. The van der Waals surface area contributed by atoms with E-state index in [0.29, 0.717) is 47.6 Å².